The molecule has 0 atom stereocenters. The predicted molar refractivity (Wildman–Crippen MR) is 106 cm³/mol. The van der Waals surface area contributed by atoms with Crippen molar-refractivity contribution in [2.45, 2.75) is 0 Å². The number of rotatable bonds is 6. The fraction of sp³-hybridized carbons (Fsp3) is 0.0909. The summed E-state index contributed by atoms with van der Waals surface area (Å²) in [5.41, 5.74) is 2.47. The van der Waals surface area contributed by atoms with Crippen LogP contribution in [0, 0.1) is 0 Å². The molecule has 0 unspecified atom stereocenters. The highest BCUT2D eigenvalue weighted by Crippen LogP contribution is 2.36. The van der Waals surface area contributed by atoms with Crippen molar-refractivity contribution in [3.8, 4) is 11.5 Å². The fourth-order valence-electron chi connectivity index (χ4n) is 3.00. The second-order valence-corrected chi connectivity index (χ2v) is 6.17. The normalized spacial score (nSPS) is 10.8. The van der Waals surface area contributed by atoms with Crippen molar-refractivity contribution in [3.05, 3.63) is 66.2 Å². The van der Waals surface area contributed by atoms with Crippen LogP contribution in [-0.4, -0.2) is 25.9 Å². The summed E-state index contributed by atoms with van der Waals surface area (Å²) >= 11 is 0. The Labute approximate surface area is 160 Å². The molecule has 3 aromatic carbocycles. The van der Waals surface area contributed by atoms with Crippen molar-refractivity contribution in [1.82, 2.24) is 0 Å². The van der Waals surface area contributed by atoms with Crippen molar-refractivity contribution in [3.63, 3.8) is 0 Å². The molecule has 0 fully saturated rings. The average Bonchev–Trinajstić information content (AvgIpc) is 3.09. The van der Waals surface area contributed by atoms with Gasteiger partial charge in [0.1, 0.15) is 29.0 Å². The van der Waals surface area contributed by atoms with E-state index in [2.05, 4.69) is 5.32 Å². The standard InChI is InChI=1S/C22H17NO5/c1-26-21-10-17-16-4-2-3-5-19(16)28-20(17)11-18(21)23-22(25)13-27-15-8-6-14(12-24)7-9-15/h2-12H,13H2,1H3,(H,23,25). The number of methoxy groups -OCH3 is 1. The van der Waals surface area contributed by atoms with Crippen molar-refractivity contribution >= 4 is 39.8 Å². The van der Waals surface area contributed by atoms with Gasteiger partial charge >= 0.3 is 0 Å². The van der Waals surface area contributed by atoms with Crippen LogP contribution in [0.1, 0.15) is 10.4 Å². The molecule has 1 heterocycles. The molecule has 0 spiro atoms. The van der Waals surface area contributed by atoms with Crippen LogP contribution >= 0.6 is 0 Å². The van der Waals surface area contributed by atoms with Crippen LogP contribution in [0.25, 0.3) is 21.9 Å². The van der Waals surface area contributed by atoms with Gasteiger partial charge in [-0.15, -0.1) is 0 Å². The molecule has 0 saturated carbocycles. The van der Waals surface area contributed by atoms with E-state index in [-0.39, 0.29) is 12.5 Å². The van der Waals surface area contributed by atoms with Gasteiger partial charge in [0.2, 0.25) is 0 Å². The number of benzene rings is 3. The van der Waals surface area contributed by atoms with Crippen molar-refractivity contribution in [1.29, 1.82) is 0 Å². The maximum atomic E-state index is 12.3. The Balaban J connectivity index is 1.53. The van der Waals surface area contributed by atoms with Gasteiger partial charge in [-0.25, -0.2) is 0 Å². The number of furan rings is 1. The molecule has 140 valence electrons. The number of hydrogen-bond donors (Lipinski definition) is 1. The molecule has 1 N–H and O–H groups in total. The van der Waals surface area contributed by atoms with Gasteiger partial charge < -0.3 is 19.2 Å². The van der Waals surface area contributed by atoms with Crippen LogP contribution in [0.5, 0.6) is 11.5 Å². The first-order valence-electron chi connectivity index (χ1n) is 8.65. The highest BCUT2D eigenvalue weighted by atomic mass is 16.5. The third-order valence-electron chi connectivity index (χ3n) is 4.36. The van der Waals surface area contributed by atoms with E-state index in [1.807, 2.05) is 30.3 Å². The van der Waals surface area contributed by atoms with Gasteiger partial charge in [-0.3, -0.25) is 9.59 Å². The average molecular weight is 375 g/mol. The van der Waals surface area contributed by atoms with Gasteiger partial charge in [0.25, 0.3) is 5.91 Å². The quantitative estimate of drug-likeness (QED) is 0.505. The number of anilines is 1. The first-order valence-corrected chi connectivity index (χ1v) is 8.65. The number of aldehydes is 1. The number of hydrogen-bond acceptors (Lipinski definition) is 5. The minimum atomic E-state index is -0.340. The highest BCUT2D eigenvalue weighted by molar-refractivity contribution is 6.07. The summed E-state index contributed by atoms with van der Waals surface area (Å²) in [5.74, 6) is 0.691. The number of amides is 1. The Bertz CT molecular complexity index is 1160. The summed E-state index contributed by atoms with van der Waals surface area (Å²) in [6.45, 7) is -0.179. The molecule has 0 aliphatic rings. The van der Waals surface area contributed by atoms with Crippen LogP contribution in [0.15, 0.2) is 65.1 Å². The Morgan fingerprint density at radius 3 is 2.57 bits per heavy atom. The topological polar surface area (TPSA) is 77.8 Å². The summed E-state index contributed by atoms with van der Waals surface area (Å²) in [4.78, 5) is 23.0. The maximum Gasteiger partial charge on any atom is 0.262 e. The zero-order valence-corrected chi connectivity index (χ0v) is 15.1. The van der Waals surface area contributed by atoms with Crippen LogP contribution in [0.3, 0.4) is 0 Å². The van der Waals surface area contributed by atoms with Gasteiger partial charge in [0, 0.05) is 22.4 Å². The first kappa shape index (κ1) is 17.6. The molecule has 6 nitrogen and oxygen atoms in total. The Morgan fingerprint density at radius 1 is 1.04 bits per heavy atom. The first-order chi connectivity index (χ1) is 13.7. The lowest BCUT2D eigenvalue weighted by atomic mass is 10.1. The Hall–Kier alpha value is -3.80. The van der Waals surface area contributed by atoms with E-state index < -0.39 is 0 Å². The molecule has 0 aliphatic carbocycles. The Morgan fingerprint density at radius 2 is 1.82 bits per heavy atom. The molecule has 4 aromatic rings. The number of ether oxygens (including phenoxy) is 2. The minimum Gasteiger partial charge on any atom is -0.495 e. The number of carbonyl (C=O) groups is 2. The molecule has 4 rings (SSSR count). The second-order valence-electron chi connectivity index (χ2n) is 6.17. The minimum absolute atomic E-state index is 0.179. The van der Waals surface area contributed by atoms with Gasteiger partial charge in [-0.1, -0.05) is 18.2 Å². The van der Waals surface area contributed by atoms with Crippen LogP contribution in [-0.2, 0) is 4.79 Å². The van der Waals surface area contributed by atoms with E-state index >= 15 is 0 Å². The van der Waals surface area contributed by atoms with E-state index in [0.29, 0.717) is 28.3 Å². The fourth-order valence-corrected chi connectivity index (χ4v) is 3.00. The summed E-state index contributed by atoms with van der Waals surface area (Å²) in [7, 11) is 1.55. The molecule has 0 aliphatic heterocycles. The third kappa shape index (κ3) is 3.40. The van der Waals surface area contributed by atoms with Crippen molar-refractivity contribution in [2.24, 2.45) is 0 Å². The van der Waals surface area contributed by atoms with E-state index in [1.54, 1.807) is 37.4 Å². The number of carbonyl (C=O) groups excluding carboxylic acids is 2. The number of nitrogens with one attached hydrogen (secondary N) is 1. The monoisotopic (exact) mass is 375 g/mol. The zero-order chi connectivity index (χ0) is 19.5. The number of fused-ring (bicyclic) bond motifs is 3. The molecule has 0 radical (unpaired) electrons. The van der Waals surface area contributed by atoms with Crippen LogP contribution in [0.2, 0.25) is 0 Å². The summed E-state index contributed by atoms with van der Waals surface area (Å²) in [5, 5.41) is 4.68. The number of para-hydroxylation sites is 1. The zero-order valence-electron chi connectivity index (χ0n) is 15.1. The summed E-state index contributed by atoms with van der Waals surface area (Å²) in [6.07, 6.45) is 0.747. The molecular formula is C22H17NO5. The lowest BCUT2D eigenvalue weighted by Crippen LogP contribution is -2.20. The maximum absolute atomic E-state index is 12.3. The van der Waals surface area contributed by atoms with E-state index in [4.69, 9.17) is 13.9 Å². The molecule has 6 heteroatoms. The molecule has 0 bridgehead atoms. The second kappa shape index (κ2) is 7.44. The lowest BCUT2D eigenvalue weighted by Gasteiger charge is -2.11. The summed E-state index contributed by atoms with van der Waals surface area (Å²) in [6, 6.07) is 17.8. The third-order valence-corrected chi connectivity index (χ3v) is 4.36. The van der Waals surface area contributed by atoms with Crippen LogP contribution in [0.4, 0.5) is 5.69 Å². The smallest absolute Gasteiger partial charge is 0.262 e. The lowest BCUT2D eigenvalue weighted by molar-refractivity contribution is -0.118. The van der Waals surface area contributed by atoms with Gasteiger partial charge in [-0.2, -0.15) is 0 Å². The molecule has 1 aromatic heterocycles. The predicted octanol–water partition coefficient (Wildman–Crippen LogP) is 4.42. The van der Waals surface area contributed by atoms with Crippen molar-refractivity contribution < 1.29 is 23.5 Å². The van der Waals surface area contributed by atoms with Crippen LogP contribution < -0.4 is 14.8 Å². The van der Waals surface area contributed by atoms with Gasteiger partial charge in [-0.05, 0) is 36.4 Å². The molecule has 1 amide bonds. The van der Waals surface area contributed by atoms with E-state index in [0.717, 1.165) is 22.6 Å². The van der Waals surface area contributed by atoms with Crippen molar-refractivity contribution in [2.75, 3.05) is 19.0 Å². The highest BCUT2D eigenvalue weighted by Gasteiger charge is 2.14. The SMILES string of the molecule is COc1cc2c(cc1NC(=O)COc1ccc(C=O)cc1)oc1ccccc12. The largest absolute Gasteiger partial charge is 0.495 e. The van der Waals surface area contributed by atoms with Gasteiger partial charge in [0.15, 0.2) is 6.61 Å². The molecule has 0 saturated heterocycles. The van der Waals surface area contributed by atoms with E-state index in [1.165, 1.54) is 0 Å². The molecular weight excluding hydrogens is 358 g/mol. The van der Waals surface area contributed by atoms with Gasteiger partial charge in [0.05, 0.1) is 12.8 Å². The molecule has 28 heavy (non-hydrogen) atoms. The summed E-state index contributed by atoms with van der Waals surface area (Å²) < 4.78 is 16.7. The Kier molecular flexibility index (Phi) is 4.68. The van der Waals surface area contributed by atoms with E-state index in [9.17, 15) is 9.59 Å².